The maximum absolute atomic E-state index is 9.73. The first-order chi connectivity index (χ1) is 10.1. The molecule has 0 saturated heterocycles. The van der Waals surface area contributed by atoms with Gasteiger partial charge in [0.2, 0.25) is 10.6 Å². The van der Waals surface area contributed by atoms with E-state index in [0.29, 0.717) is 21.9 Å². The molecule has 106 valence electrons. The Labute approximate surface area is 125 Å². The minimum absolute atomic E-state index is 0.147. The lowest BCUT2D eigenvalue weighted by Gasteiger charge is -1.99. The van der Waals surface area contributed by atoms with Crippen molar-refractivity contribution in [3.63, 3.8) is 0 Å². The standard InChI is InChI=1S/C13H12N6OS/c1-8-6-10(16-15-8)12-17-18-13(21)19(12)14-7-9-4-2-3-5-11(9)20/h2-7,20H,1H3,(H,15,16)(H,18,21). The van der Waals surface area contributed by atoms with Gasteiger partial charge in [-0.2, -0.15) is 20.0 Å². The van der Waals surface area contributed by atoms with Gasteiger partial charge in [0.1, 0.15) is 11.4 Å². The van der Waals surface area contributed by atoms with Gasteiger partial charge < -0.3 is 5.11 Å². The fourth-order valence-corrected chi connectivity index (χ4v) is 1.99. The van der Waals surface area contributed by atoms with Crippen molar-refractivity contribution in [1.29, 1.82) is 0 Å². The van der Waals surface area contributed by atoms with Crippen molar-refractivity contribution in [2.24, 2.45) is 5.10 Å². The van der Waals surface area contributed by atoms with Crippen molar-refractivity contribution in [3.8, 4) is 17.3 Å². The fourth-order valence-electron chi connectivity index (χ4n) is 1.81. The summed E-state index contributed by atoms with van der Waals surface area (Å²) in [4.78, 5) is 0. The lowest BCUT2D eigenvalue weighted by atomic mass is 10.2. The third kappa shape index (κ3) is 2.61. The number of aryl methyl sites for hydroxylation is 1. The molecule has 0 aliphatic rings. The van der Waals surface area contributed by atoms with E-state index in [1.165, 1.54) is 10.9 Å². The molecular formula is C13H12N6OS. The van der Waals surface area contributed by atoms with E-state index < -0.39 is 0 Å². The molecule has 7 nitrogen and oxygen atoms in total. The molecule has 0 unspecified atom stereocenters. The number of para-hydroxylation sites is 1. The van der Waals surface area contributed by atoms with Crippen molar-refractivity contribution >= 4 is 18.4 Å². The van der Waals surface area contributed by atoms with Crippen LogP contribution in [0, 0.1) is 11.7 Å². The largest absolute Gasteiger partial charge is 0.507 e. The summed E-state index contributed by atoms with van der Waals surface area (Å²) in [5.41, 5.74) is 2.13. The first-order valence-electron chi connectivity index (χ1n) is 6.17. The second-order valence-electron chi connectivity index (χ2n) is 4.40. The fraction of sp³-hybridized carbons (Fsp3) is 0.0769. The third-order valence-electron chi connectivity index (χ3n) is 2.83. The van der Waals surface area contributed by atoms with E-state index >= 15 is 0 Å². The van der Waals surface area contributed by atoms with Gasteiger partial charge in [-0.1, -0.05) is 12.1 Å². The number of aromatic nitrogens is 5. The second kappa shape index (κ2) is 5.33. The number of benzene rings is 1. The molecule has 0 bridgehead atoms. The van der Waals surface area contributed by atoms with Crippen LogP contribution in [0.25, 0.3) is 11.5 Å². The number of rotatable bonds is 3. The molecule has 0 spiro atoms. The Kier molecular flexibility index (Phi) is 3.36. The van der Waals surface area contributed by atoms with Gasteiger partial charge in [0.05, 0.1) is 6.21 Å². The lowest BCUT2D eigenvalue weighted by molar-refractivity contribution is 0.474. The molecular weight excluding hydrogens is 288 g/mol. The summed E-state index contributed by atoms with van der Waals surface area (Å²) in [5.74, 6) is 0.643. The molecule has 2 aromatic heterocycles. The number of hydrogen-bond acceptors (Lipinski definition) is 5. The second-order valence-corrected chi connectivity index (χ2v) is 4.79. The smallest absolute Gasteiger partial charge is 0.216 e. The number of aromatic amines is 2. The Morgan fingerprint density at radius 3 is 2.81 bits per heavy atom. The van der Waals surface area contributed by atoms with Crippen molar-refractivity contribution in [3.05, 3.63) is 46.4 Å². The molecule has 21 heavy (non-hydrogen) atoms. The number of aromatic hydroxyl groups is 1. The highest BCUT2D eigenvalue weighted by Gasteiger charge is 2.11. The Morgan fingerprint density at radius 1 is 1.29 bits per heavy atom. The molecule has 0 aliphatic carbocycles. The zero-order valence-electron chi connectivity index (χ0n) is 11.1. The summed E-state index contributed by atoms with van der Waals surface area (Å²) in [5, 5.41) is 27.8. The predicted molar refractivity (Wildman–Crippen MR) is 80.8 cm³/mol. The average Bonchev–Trinajstić information content (AvgIpc) is 3.04. The van der Waals surface area contributed by atoms with Gasteiger partial charge in [-0.15, -0.1) is 0 Å². The number of nitrogens with zero attached hydrogens (tertiary/aromatic N) is 4. The lowest BCUT2D eigenvalue weighted by Crippen LogP contribution is -1.95. The SMILES string of the molecule is Cc1cc(-c2n[nH]c(=S)n2N=Cc2ccccc2O)n[nH]1. The maximum atomic E-state index is 9.73. The van der Waals surface area contributed by atoms with Crippen LogP contribution in [0.4, 0.5) is 0 Å². The molecule has 0 amide bonds. The van der Waals surface area contributed by atoms with Gasteiger partial charge in [-0.25, -0.2) is 5.10 Å². The molecule has 0 saturated carbocycles. The van der Waals surface area contributed by atoms with Crippen molar-refractivity contribution < 1.29 is 5.11 Å². The monoisotopic (exact) mass is 300 g/mol. The van der Waals surface area contributed by atoms with Crippen LogP contribution in [-0.4, -0.2) is 36.4 Å². The highest BCUT2D eigenvalue weighted by Crippen LogP contribution is 2.16. The highest BCUT2D eigenvalue weighted by molar-refractivity contribution is 7.71. The van der Waals surface area contributed by atoms with Crippen LogP contribution in [-0.2, 0) is 0 Å². The zero-order valence-corrected chi connectivity index (χ0v) is 11.9. The van der Waals surface area contributed by atoms with Crippen LogP contribution in [0.15, 0.2) is 35.4 Å². The Bertz CT molecular complexity index is 859. The summed E-state index contributed by atoms with van der Waals surface area (Å²) in [6.07, 6.45) is 1.52. The van der Waals surface area contributed by atoms with Crippen LogP contribution in [0.5, 0.6) is 5.75 Å². The van der Waals surface area contributed by atoms with Crippen molar-refractivity contribution in [2.45, 2.75) is 6.92 Å². The molecule has 0 aliphatic heterocycles. The topological polar surface area (TPSA) is 94.9 Å². The van der Waals surface area contributed by atoms with E-state index in [1.807, 2.05) is 19.1 Å². The van der Waals surface area contributed by atoms with Crippen LogP contribution >= 0.6 is 12.2 Å². The van der Waals surface area contributed by atoms with E-state index in [-0.39, 0.29) is 5.75 Å². The van der Waals surface area contributed by atoms with Crippen molar-refractivity contribution in [2.75, 3.05) is 0 Å². The van der Waals surface area contributed by atoms with E-state index in [2.05, 4.69) is 25.5 Å². The van der Waals surface area contributed by atoms with E-state index in [1.54, 1.807) is 18.2 Å². The molecule has 2 heterocycles. The van der Waals surface area contributed by atoms with Crippen LogP contribution in [0.3, 0.4) is 0 Å². The summed E-state index contributed by atoms with van der Waals surface area (Å²) in [6, 6.07) is 8.74. The summed E-state index contributed by atoms with van der Waals surface area (Å²) >= 11 is 5.16. The highest BCUT2D eigenvalue weighted by atomic mass is 32.1. The minimum atomic E-state index is 0.147. The average molecular weight is 300 g/mol. The van der Waals surface area contributed by atoms with E-state index in [4.69, 9.17) is 12.2 Å². The maximum Gasteiger partial charge on any atom is 0.216 e. The van der Waals surface area contributed by atoms with Gasteiger partial charge in [-0.05, 0) is 37.3 Å². The van der Waals surface area contributed by atoms with E-state index in [0.717, 1.165) is 5.69 Å². The van der Waals surface area contributed by atoms with Gasteiger partial charge in [0.15, 0.2) is 0 Å². The molecule has 8 heteroatoms. The van der Waals surface area contributed by atoms with Crippen LogP contribution in [0.2, 0.25) is 0 Å². The van der Waals surface area contributed by atoms with Crippen LogP contribution in [0.1, 0.15) is 11.3 Å². The summed E-state index contributed by atoms with van der Waals surface area (Å²) < 4.78 is 1.80. The summed E-state index contributed by atoms with van der Waals surface area (Å²) in [7, 11) is 0. The number of nitrogens with one attached hydrogen (secondary N) is 2. The first-order valence-corrected chi connectivity index (χ1v) is 6.58. The molecule has 0 radical (unpaired) electrons. The minimum Gasteiger partial charge on any atom is -0.507 e. The normalized spacial score (nSPS) is 11.3. The molecule has 0 atom stereocenters. The first kappa shape index (κ1) is 13.3. The Balaban J connectivity index is 2.02. The number of hydrogen-bond donors (Lipinski definition) is 3. The van der Waals surface area contributed by atoms with Crippen molar-refractivity contribution in [1.82, 2.24) is 25.1 Å². The predicted octanol–water partition coefficient (Wildman–Crippen LogP) is 2.23. The Morgan fingerprint density at radius 2 is 2.10 bits per heavy atom. The number of H-pyrrole nitrogens is 2. The van der Waals surface area contributed by atoms with Gasteiger partial charge in [0, 0.05) is 11.3 Å². The van der Waals surface area contributed by atoms with Crippen LogP contribution < -0.4 is 0 Å². The van der Waals surface area contributed by atoms with Gasteiger partial charge in [-0.3, -0.25) is 5.10 Å². The third-order valence-corrected chi connectivity index (χ3v) is 3.10. The number of phenols is 1. The quantitative estimate of drug-likeness (QED) is 0.510. The molecule has 3 aromatic rings. The zero-order chi connectivity index (χ0) is 14.8. The molecule has 0 fully saturated rings. The Hall–Kier alpha value is -2.74. The summed E-state index contributed by atoms with van der Waals surface area (Å²) in [6.45, 7) is 1.90. The molecule has 3 N–H and O–H groups in total. The van der Waals surface area contributed by atoms with Gasteiger partial charge in [0.25, 0.3) is 0 Å². The molecule has 1 aromatic carbocycles. The number of phenolic OH excluding ortho intramolecular Hbond substituents is 1. The van der Waals surface area contributed by atoms with Gasteiger partial charge >= 0.3 is 0 Å². The molecule has 3 rings (SSSR count). The van der Waals surface area contributed by atoms with E-state index in [9.17, 15) is 5.11 Å².